The van der Waals surface area contributed by atoms with Crippen LogP contribution in [0, 0.1) is 19.8 Å². The first-order valence-electron chi connectivity index (χ1n) is 8.38. The van der Waals surface area contributed by atoms with Gasteiger partial charge in [-0.1, -0.05) is 13.0 Å². The molecule has 2 rings (SSSR count). The maximum absolute atomic E-state index is 10.8. The minimum atomic E-state index is -0.427. The molecule has 1 aliphatic rings. The molecule has 4 heteroatoms. The second kappa shape index (κ2) is 7.95. The average Bonchev–Trinajstić information content (AvgIpc) is 2.52. The van der Waals surface area contributed by atoms with Crippen molar-refractivity contribution in [3.05, 3.63) is 28.8 Å². The van der Waals surface area contributed by atoms with Crippen molar-refractivity contribution in [2.75, 3.05) is 39.3 Å². The number of aliphatic hydroxyl groups excluding tert-OH is 1. The topological polar surface area (TPSA) is 44.7 Å². The second-order valence-corrected chi connectivity index (χ2v) is 6.31. The molecule has 0 aliphatic carbocycles. The van der Waals surface area contributed by atoms with E-state index in [1.807, 2.05) is 19.1 Å². The van der Waals surface area contributed by atoms with Gasteiger partial charge in [0.25, 0.3) is 0 Å². The van der Waals surface area contributed by atoms with Crippen molar-refractivity contribution < 1.29 is 9.84 Å². The molecule has 124 valence electrons. The third kappa shape index (κ3) is 4.00. The SMILES string of the molecule is CCOc1ccc(C(O)C(C)CN2CCNCC2)c(C)c1C. The molecule has 1 aromatic carbocycles. The van der Waals surface area contributed by atoms with E-state index in [2.05, 4.69) is 31.0 Å². The van der Waals surface area contributed by atoms with Crippen LogP contribution in [-0.4, -0.2) is 49.3 Å². The highest BCUT2D eigenvalue weighted by atomic mass is 16.5. The molecule has 2 unspecified atom stereocenters. The van der Waals surface area contributed by atoms with Crippen LogP contribution in [0.2, 0.25) is 0 Å². The molecule has 22 heavy (non-hydrogen) atoms. The minimum Gasteiger partial charge on any atom is -0.494 e. The van der Waals surface area contributed by atoms with E-state index in [0.29, 0.717) is 6.61 Å². The lowest BCUT2D eigenvalue weighted by atomic mass is 9.91. The highest BCUT2D eigenvalue weighted by molar-refractivity contribution is 5.44. The van der Waals surface area contributed by atoms with Crippen LogP contribution in [0.3, 0.4) is 0 Å². The molecule has 2 atom stereocenters. The Morgan fingerprint density at radius 2 is 1.91 bits per heavy atom. The van der Waals surface area contributed by atoms with E-state index in [9.17, 15) is 5.11 Å². The van der Waals surface area contributed by atoms with Gasteiger partial charge in [-0.15, -0.1) is 0 Å². The number of benzene rings is 1. The smallest absolute Gasteiger partial charge is 0.122 e. The Balaban J connectivity index is 2.07. The van der Waals surface area contributed by atoms with E-state index in [1.165, 1.54) is 0 Å². The molecule has 1 aromatic rings. The van der Waals surface area contributed by atoms with Gasteiger partial charge in [-0.3, -0.25) is 0 Å². The zero-order valence-electron chi connectivity index (χ0n) is 14.4. The van der Waals surface area contributed by atoms with E-state index in [1.54, 1.807) is 0 Å². The van der Waals surface area contributed by atoms with Crippen molar-refractivity contribution >= 4 is 0 Å². The van der Waals surface area contributed by atoms with E-state index in [-0.39, 0.29) is 5.92 Å². The summed E-state index contributed by atoms with van der Waals surface area (Å²) in [5.41, 5.74) is 3.31. The molecule has 0 saturated carbocycles. The number of hydrogen-bond donors (Lipinski definition) is 2. The molecule has 1 aliphatic heterocycles. The lowest BCUT2D eigenvalue weighted by Crippen LogP contribution is -2.45. The van der Waals surface area contributed by atoms with Gasteiger partial charge in [-0.25, -0.2) is 0 Å². The van der Waals surface area contributed by atoms with Gasteiger partial charge in [0.1, 0.15) is 5.75 Å². The Kier molecular flexibility index (Phi) is 6.24. The van der Waals surface area contributed by atoms with Gasteiger partial charge in [0.2, 0.25) is 0 Å². The normalized spacial score (nSPS) is 19.0. The Morgan fingerprint density at radius 1 is 1.23 bits per heavy atom. The van der Waals surface area contributed by atoms with Crippen LogP contribution in [0.1, 0.15) is 36.6 Å². The minimum absolute atomic E-state index is 0.217. The van der Waals surface area contributed by atoms with Gasteiger partial charge in [-0.2, -0.15) is 0 Å². The molecule has 0 radical (unpaired) electrons. The van der Waals surface area contributed by atoms with Gasteiger partial charge in [0, 0.05) is 32.7 Å². The van der Waals surface area contributed by atoms with Gasteiger partial charge in [0.15, 0.2) is 0 Å². The molecule has 2 N–H and O–H groups in total. The first-order valence-corrected chi connectivity index (χ1v) is 8.38. The summed E-state index contributed by atoms with van der Waals surface area (Å²) in [5, 5.41) is 14.1. The van der Waals surface area contributed by atoms with Gasteiger partial charge in [0.05, 0.1) is 12.7 Å². The van der Waals surface area contributed by atoms with Crippen LogP contribution in [-0.2, 0) is 0 Å². The number of hydrogen-bond acceptors (Lipinski definition) is 4. The van der Waals surface area contributed by atoms with Gasteiger partial charge >= 0.3 is 0 Å². The monoisotopic (exact) mass is 306 g/mol. The number of aliphatic hydroxyl groups is 1. The summed E-state index contributed by atoms with van der Waals surface area (Å²) in [6.07, 6.45) is -0.427. The maximum atomic E-state index is 10.8. The Morgan fingerprint density at radius 3 is 2.55 bits per heavy atom. The third-order valence-electron chi connectivity index (χ3n) is 4.69. The van der Waals surface area contributed by atoms with Gasteiger partial charge in [-0.05, 0) is 49.4 Å². The molecular weight excluding hydrogens is 276 g/mol. The number of nitrogens with one attached hydrogen (secondary N) is 1. The van der Waals surface area contributed by atoms with Gasteiger partial charge < -0.3 is 20.1 Å². The molecule has 0 spiro atoms. The number of ether oxygens (including phenoxy) is 1. The van der Waals surface area contributed by atoms with Crippen LogP contribution in [0.15, 0.2) is 12.1 Å². The first-order chi connectivity index (χ1) is 10.5. The highest BCUT2D eigenvalue weighted by Crippen LogP contribution is 2.31. The lowest BCUT2D eigenvalue weighted by molar-refractivity contribution is 0.0836. The van der Waals surface area contributed by atoms with Crippen molar-refractivity contribution in [2.24, 2.45) is 5.92 Å². The van der Waals surface area contributed by atoms with E-state index in [0.717, 1.165) is 55.2 Å². The van der Waals surface area contributed by atoms with Crippen LogP contribution in [0.4, 0.5) is 0 Å². The lowest BCUT2D eigenvalue weighted by Gasteiger charge is -2.32. The number of nitrogens with zero attached hydrogens (tertiary/aromatic N) is 1. The summed E-state index contributed by atoms with van der Waals surface area (Å²) >= 11 is 0. The summed E-state index contributed by atoms with van der Waals surface area (Å²) in [6, 6.07) is 4.01. The van der Waals surface area contributed by atoms with E-state index >= 15 is 0 Å². The predicted octanol–water partition coefficient (Wildman–Crippen LogP) is 2.28. The molecule has 1 fully saturated rings. The molecule has 1 heterocycles. The van der Waals surface area contributed by atoms with Crippen LogP contribution in [0.5, 0.6) is 5.75 Å². The quantitative estimate of drug-likeness (QED) is 0.846. The fourth-order valence-corrected chi connectivity index (χ4v) is 3.16. The van der Waals surface area contributed by atoms with Crippen molar-refractivity contribution in [1.82, 2.24) is 10.2 Å². The second-order valence-electron chi connectivity index (χ2n) is 6.31. The molecule has 0 amide bonds. The molecule has 4 nitrogen and oxygen atoms in total. The fourth-order valence-electron chi connectivity index (χ4n) is 3.16. The van der Waals surface area contributed by atoms with Crippen LogP contribution < -0.4 is 10.1 Å². The van der Waals surface area contributed by atoms with Crippen LogP contribution in [0.25, 0.3) is 0 Å². The van der Waals surface area contributed by atoms with Crippen molar-refractivity contribution in [2.45, 2.75) is 33.8 Å². The molecule has 0 aromatic heterocycles. The number of rotatable bonds is 6. The maximum Gasteiger partial charge on any atom is 0.122 e. The Bertz CT molecular complexity index is 484. The predicted molar refractivity (Wildman–Crippen MR) is 90.5 cm³/mol. The summed E-state index contributed by atoms with van der Waals surface area (Å²) in [4.78, 5) is 2.43. The van der Waals surface area contributed by atoms with Crippen LogP contribution >= 0.6 is 0 Å². The number of piperazine rings is 1. The largest absolute Gasteiger partial charge is 0.494 e. The standard InChI is InChI=1S/C18H30N2O2/c1-5-22-17-7-6-16(14(3)15(17)4)18(21)13(2)12-20-10-8-19-9-11-20/h6-7,13,18-19,21H,5,8-12H2,1-4H3. The highest BCUT2D eigenvalue weighted by Gasteiger charge is 2.23. The van der Waals surface area contributed by atoms with E-state index < -0.39 is 6.10 Å². The van der Waals surface area contributed by atoms with Crippen molar-refractivity contribution in [3.8, 4) is 5.75 Å². The van der Waals surface area contributed by atoms with Crippen molar-refractivity contribution in [1.29, 1.82) is 0 Å². The van der Waals surface area contributed by atoms with Crippen molar-refractivity contribution in [3.63, 3.8) is 0 Å². The molecule has 0 bridgehead atoms. The Labute approximate surface area is 134 Å². The first kappa shape index (κ1) is 17.3. The summed E-state index contributed by atoms with van der Waals surface area (Å²) < 4.78 is 5.64. The third-order valence-corrected chi connectivity index (χ3v) is 4.69. The zero-order valence-corrected chi connectivity index (χ0v) is 14.4. The zero-order chi connectivity index (χ0) is 16.1. The summed E-state index contributed by atoms with van der Waals surface area (Å²) in [6.45, 7) is 14.1. The fraction of sp³-hybridized carbons (Fsp3) is 0.667. The van der Waals surface area contributed by atoms with E-state index in [4.69, 9.17) is 4.74 Å². The summed E-state index contributed by atoms with van der Waals surface area (Å²) in [7, 11) is 0. The Hall–Kier alpha value is -1.10. The summed E-state index contributed by atoms with van der Waals surface area (Å²) in [5.74, 6) is 1.14. The average molecular weight is 306 g/mol. The molecule has 1 saturated heterocycles. The molecular formula is C18H30N2O2.